The van der Waals surface area contributed by atoms with Crippen LogP contribution in [0.15, 0.2) is 60.7 Å². The lowest BCUT2D eigenvalue weighted by Gasteiger charge is -2.16. The largest absolute Gasteiger partial charge is 0.489 e. The van der Waals surface area contributed by atoms with Crippen molar-refractivity contribution in [2.24, 2.45) is 0 Å². The summed E-state index contributed by atoms with van der Waals surface area (Å²) in [7, 11) is 4.13. The van der Waals surface area contributed by atoms with Gasteiger partial charge in [-0.25, -0.2) is 4.39 Å². The van der Waals surface area contributed by atoms with Crippen LogP contribution in [0.2, 0.25) is 0 Å². The average Bonchev–Trinajstić information content (AvgIpc) is 2.65. The maximum Gasteiger partial charge on any atom is 0.124 e. The van der Waals surface area contributed by atoms with Gasteiger partial charge < -0.3 is 15.0 Å². The van der Waals surface area contributed by atoms with Crippen molar-refractivity contribution in [3.8, 4) is 5.75 Å². The third-order valence-corrected chi connectivity index (χ3v) is 4.34. The molecule has 3 rings (SSSR count). The minimum Gasteiger partial charge on any atom is -0.489 e. The summed E-state index contributed by atoms with van der Waals surface area (Å²) in [6, 6.07) is 18.9. The Kier molecular flexibility index (Phi) is 6.21. The van der Waals surface area contributed by atoms with Crippen molar-refractivity contribution in [3.05, 3.63) is 77.6 Å². The monoisotopic (exact) mass is 352 g/mol. The van der Waals surface area contributed by atoms with Gasteiger partial charge in [0.2, 0.25) is 0 Å². The van der Waals surface area contributed by atoms with Gasteiger partial charge in [-0.1, -0.05) is 42.5 Å². The first-order valence-electron chi connectivity index (χ1n) is 8.87. The Morgan fingerprint density at radius 3 is 2.50 bits per heavy atom. The van der Waals surface area contributed by atoms with Crippen LogP contribution in [-0.4, -0.2) is 32.1 Å². The molecule has 0 aliphatic rings. The molecule has 0 unspecified atom stereocenters. The topological polar surface area (TPSA) is 24.5 Å². The number of ether oxygens (including phenoxy) is 1. The van der Waals surface area contributed by atoms with E-state index in [-0.39, 0.29) is 5.82 Å². The van der Waals surface area contributed by atoms with Crippen molar-refractivity contribution >= 4 is 10.8 Å². The van der Waals surface area contributed by atoms with Crippen molar-refractivity contribution in [2.45, 2.75) is 13.2 Å². The molecule has 0 radical (unpaired) electrons. The van der Waals surface area contributed by atoms with Crippen LogP contribution in [0.5, 0.6) is 5.75 Å². The first-order valence-corrected chi connectivity index (χ1v) is 8.87. The molecule has 0 fully saturated rings. The van der Waals surface area contributed by atoms with Gasteiger partial charge in [0.25, 0.3) is 0 Å². The van der Waals surface area contributed by atoms with Gasteiger partial charge in [-0.15, -0.1) is 0 Å². The molecule has 0 saturated heterocycles. The fourth-order valence-corrected chi connectivity index (χ4v) is 2.89. The van der Waals surface area contributed by atoms with Crippen molar-refractivity contribution in [2.75, 3.05) is 27.2 Å². The van der Waals surface area contributed by atoms with Crippen LogP contribution < -0.4 is 10.1 Å². The Bertz CT molecular complexity index is 846. The molecular weight excluding hydrogens is 327 g/mol. The Balaban J connectivity index is 1.78. The summed E-state index contributed by atoms with van der Waals surface area (Å²) in [4.78, 5) is 2.15. The highest BCUT2D eigenvalue weighted by molar-refractivity contribution is 5.87. The Morgan fingerprint density at radius 1 is 0.962 bits per heavy atom. The number of nitrogens with one attached hydrogen (secondary N) is 1. The lowest BCUT2D eigenvalue weighted by Crippen LogP contribution is -2.26. The van der Waals surface area contributed by atoms with E-state index >= 15 is 0 Å². The summed E-state index contributed by atoms with van der Waals surface area (Å²) in [6.45, 7) is 3.06. The number of hydrogen-bond acceptors (Lipinski definition) is 3. The Labute approximate surface area is 154 Å². The quantitative estimate of drug-likeness (QED) is 0.615. The third kappa shape index (κ3) is 4.81. The summed E-state index contributed by atoms with van der Waals surface area (Å²) in [5.41, 5.74) is 2.11. The van der Waals surface area contributed by atoms with E-state index in [0.717, 1.165) is 36.5 Å². The van der Waals surface area contributed by atoms with E-state index in [0.29, 0.717) is 6.61 Å². The summed E-state index contributed by atoms with van der Waals surface area (Å²) in [5, 5.41) is 5.90. The molecule has 136 valence electrons. The SMILES string of the molecule is CN(C)CCNCc1c(OCc2ccc(F)cc2)ccc2ccccc12. The molecule has 0 spiro atoms. The fraction of sp³-hybridized carbons (Fsp3) is 0.273. The zero-order valence-corrected chi connectivity index (χ0v) is 15.3. The first-order chi connectivity index (χ1) is 12.6. The molecule has 1 N–H and O–H groups in total. The number of likely N-dealkylation sites (N-methyl/N-ethyl adjacent to an activating group) is 1. The van der Waals surface area contributed by atoms with Gasteiger partial charge in [-0.05, 0) is 48.6 Å². The van der Waals surface area contributed by atoms with E-state index in [4.69, 9.17) is 4.74 Å². The third-order valence-electron chi connectivity index (χ3n) is 4.34. The zero-order chi connectivity index (χ0) is 18.4. The van der Waals surface area contributed by atoms with E-state index in [1.165, 1.54) is 22.9 Å². The van der Waals surface area contributed by atoms with Crippen LogP contribution >= 0.6 is 0 Å². The molecule has 3 aromatic carbocycles. The standard InChI is InChI=1S/C22H25FN2O/c1-25(2)14-13-24-15-21-20-6-4-3-5-18(20)9-12-22(21)26-16-17-7-10-19(23)11-8-17/h3-12,24H,13-16H2,1-2H3. The fourth-order valence-electron chi connectivity index (χ4n) is 2.89. The lowest BCUT2D eigenvalue weighted by molar-refractivity contribution is 0.302. The summed E-state index contributed by atoms with van der Waals surface area (Å²) >= 11 is 0. The maximum absolute atomic E-state index is 13.1. The predicted octanol–water partition coefficient (Wildman–Crippen LogP) is 4.21. The van der Waals surface area contributed by atoms with Gasteiger partial charge in [0.15, 0.2) is 0 Å². The second-order valence-corrected chi connectivity index (χ2v) is 6.66. The molecule has 26 heavy (non-hydrogen) atoms. The Hall–Kier alpha value is -2.43. The second kappa shape index (κ2) is 8.79. The second-order valence-electron chi connectivity index (χ2n) is 6.66. The highest BCUT2D eigenvalue weighted by atomic mass is 19.1. The number of halogens is 1. The summed E-state index contributed by atoms with van der Waals surface area (Å²) in [5.74, 6) is 0.635. The van der Waals surface area contributed by atoms with Crippen LogP contribution in [0.3, 0.4) is 0 Å². The smallest absolute Gasteiger partial charge is 0.124 e. The van der Waals surface area contributed by atoms with E-state index in [1.807, 2.05) is 12.1 Å². The van der Waals surface area contributed by atoms with Gasteiger partial charge >= 0.3 is 0 Å². The molecule has 0 aliphatic carbocycles. The maximum atomic E-state index is 13.1. The predicted molar refractivity (Wildman–Crippen MR) is 105 cm³/mol. The number of nitrogens with zero attached hydrogens (tertiary/aromatic N) is 1. The van der Waals surface area contributed by atoms with Crippen molar-refractivity contribution in [1.82, 2.24) is 10.2 Å². The minimum atomic E-state index is -0.231. The molecule has 0 atom stereocenters. The van der Waals surface area contributed by atoms with E-state index in [2.05, 4.69) is 48.6 Å². The molecule has 3 aromatic rings. The molecular formula is C22H25FN2O. The van der Waals surface area contributed by atoms with Crippen LogP contribution in [-0.2, 0) is 13.2 Å². The molecule has 4 heteroatoms. The van der Waals surface area contributed by atoms with Gasteiger partial charge in [0.05, 0.1) is 0 Å². The summed E-state index contributed by atoms with van der Waals surface area (Å²) in [6.07, 6.45) is 0. The van der Waals surface area contributed by atoms with E-state index < -0.39 is 0 Å². The van der Waals surface area contributed by atoms with Crippen molar-refractivity contribution in [1.29, 1.82) is 0 Å². The highest BCUT2D eigenvalue weighted by Gasteiger charge is 2.09. The average molecular weight is 352 g/mol. The zero-order valence-electron chi connectivity index (χ0n) is 15.3. The number of fused-ring (bicyclic) bond motifs is 1. The molecule has 3 nitrogen and oxygen atoms in total. The molecule has 0 amide bonds. The molecule has 0 saturated carbocycles. The van der Waals surface area contributed by atoms with Gasteiger partial charge in [-0.2, -0.15) is 0 Å². The van der Waals surface area contributed by atoms with Gasteiger partial charge in [-0.3, -0.25) is 0 Å². The van der Waals surface area contributed by atoms with Crippen molar-refractivity contribution < 1.29 is 9.13 Å². The lowest BCUT2D eigenvalue weighted by atomic mass is 10.0. The Morgan fingerprint density at radius 2 is 1.73 bits per heavy atom. The number of benzene rings is 3. The van der Waals surface area contributed by atoms with Gasteiger partial charge in [0, 0.05) is 25.2 Å². The normalized spacial score (nSPS) is 11.2. The molecule has 0 bridgehead atoms. The van der Waals surface area contributed by atoms with Crippen LogP contribution in [0, 0.1) is 5.82 Å². The van der Waals surface area contributed by atoms with Crippen molar-refractivity contribution in [3.63, 3.8) is 0 Å². The van der Waals surface area contributed by atoms with Gasteiger partial charge in [0.1, 0.15) is 18.2 Å². The summed E-state index contributed by atoms with van der Waals surface area (Å²) < 4.78 is 19.1. The minimum absolute atomic E-state index is 0.231. The van der Waals surface area contributed by atoms with Crippen LogP contribution in [0.4, 0.5) is 4.39 Å². The van der Waals surface area contributed by atoms with E-state index in [9.17, 15) is 4.39 Å². The number of rotatable bonds is 8. The molecule has 0 aromatic heterocycles. The van der Waals surface area contributed by atoms with E-state index in [1.54, 1.807) is 12.1 Å². The van der Waals surface area contributed by atoms with Crippen LogP contribution in [0.1, 0.15) is 11.1 Å². The first kappa shape index (κ1) is 18.4. The number of hydrogen-bond donors (Lipinski definition) is 1. The van der Waals surface area contributed by atoms with Crippen LogP contribution in [0.25, 0.3) is 10.8 Å². The highest BCUT2D eigenvalue weighted by Crippen LogP contribution is 2.28. The molecule has 0 heterocycles. The molecule has 0 aliphatic heterocycles.